The summed E-state index contributed by atoms with van der Waals surface area (Å²) < 4.78 is 82.9. The van der Waals surface area contributed by atoms with Gasteiger partial charge >= 0.3 is 24.4 Å². The highest BCUT2D eigenvalue weighted by Crippen LogP contribution is 2.37. The number of nitrogens with one attached hydrogen (secondary N) is 3. The molecule has 186 valence electrons. The number of esters is 1. The third-order valence-corrected chi connectivity index (χ3v) is 4.61. The van der Waals surface area contributed by atoms with Crippen molar-refractivity contribution >= 4 is 23.4 Å². The smallest absolute Gasteiger partial charge is 0.416 e. The Kier molecular flexibility index (Phi) is 7.26. The molecule has 3 N–H and O–H groups in total. The average molecular weight is 502 g/mol. The lowest BCUT2D eigenvalue weighted by Crippen LogP contribution is -2.21. The lowest BCUT2D eigenvalue weighted by Gasteiger charge is -2.16. The second-order valence-electron chi connectivity index (χ2n) is 7.07. The third kappa shape index (κ3) is 6.68. The number of aromatic nitrogens is 4. The number of alkyl halides is 6. The molecule has 0 bridgehead atoms. The SMILES string of the molecule is COC(=O)CCc1ccc(NC(=O)Nc2cc(C(F)(F)F)cc(C(F)(F)F)c2)c(-c2nn[nH]n2)c1. The molecule has 2 aromatic carbocycles. The number of nitrogens with zero attached hydrogens (tertiary/aromatic N) is 3. The van der Waals surface area contributed by atoms with E-state index in [1.807, 2.05) is 5.32 Å². The molecule has 3 aromatic rings. The molecule has 0 aliphatic carbocycles. The van der Waals surface area contributed by atoms with Crippen molar-refractivity contribution in [1.82, 2.24) is 20.6 Å². The van der Waals surface area contributed by atoms with Crippen molar-refractivity contribution < 1.29 is 40.7 Å². The van der Waals surface area contributed by atoms with E-state index in [-0.39, 0.29) is 36.0 Å². The zero-order chi connectivity index (χ0) is 25.8. The molecule has 0 saturated heterocycles. The molecular weight excluding hydrogens is 486 g/mol. The van der Waals surface area contributed by atoms with Gasteiger partial charge in [-0.15, -0.1) is 10.2 Å². The van der Waals surface area contributed by atoms with Gasteiger partial charge in [-0.1, -0.05) is 6.07 Å². The highest BCUT2D eigenvalue weighted by Gasteiger charge is 2.37. The predicted octanol–water partition coefficient (Wildman–Crippen LogP) is 4.65. The Morgan fingerprint density at radius 2 is 1.63 bits per heavy atom. The van der Waals surface area contributed by atoms with E-state index in [0.29, 0.717) is 17.7 Å². The molecule has 0 aliphatic heterocycles. The Balaban J connectivity index is 1.86. The standard InChI is InChI=1S/C20H16F6N6O3/c1-35-16(33)5-3-10-2-4-15(14(6-10)17-29-31-32-30-17)28-18(34)27-13-8-11(19(21,22)23)7-12(9-13)20(24,25)26/h2,4,6-9H,3,5H2,1H3,(H2,27,28,34)(H,29,30,31,32). The third-order valence-electron chi connectivity index (χ3n) is 4.61. The largest absolute Gasteiger partial charge is 0.469 e. The van der Waals surface area contributed by atoms with E-state index in [0.717, 1.165) is 0 Å². The number of aryl methyl sites for hydroxylation is 1. The number of carbonyl (C=O) groups excluding carboxylic acids is 2. The molecule has 0 unspecified atom stereocenters. The van der Waals surface area contributed by atoms with Crippen molar-refractivity contribution in [2.45, 2.75) is 25.2 Å². The minimum Gasteiger partial charge on any atom is -0.469 e. The number of hydrogen-bond acceptors (Lipinski definition) is 6. The van der Waals surface area contributed by atoms with Crippen LogP contribution in [0.2, 0.25) is 0 Å². The summed E-state index contributed by atoms with van der Waals surface area (Å²) in [5.41, 5.74) is -2.94. The van der Waals surface area contributed by atoms with Gasteiger partial charge in [0.1, 0.15) is 0 Å². The van der Waals surface area contributed by atoms with Crippen LogP contribution in [-0.2, 0) is 28.3 Å². The Hall–Kier alpha value is -4.17. The number of hydrogen-bond donors (Lipinski definition) is 3. The molecule has 3 rings (SSSR count). The Morgan fingerprint density at radius 3 is 2.17 bits per heavy atom. The molecule has 9 nitrogen and oxygen atoms in total. The molecule has 0 fully saturated rings. The van der Waals surface area contributed by atoms with Gasteiger partial charge in [-0.05, 0) is 47.5 Å². The zero-order valence-corrected chi connectivity index (χ0v) is 17.7. The Bertz CT molecular complexity index is 1180. The van der Waals surface area contributed by atoms with E-state index in [1.165, 1.54) is 19.2 Å². The monoisotopic (exact) mass is 502 g/mol. The molecule has 15 heteroatoms. The summed E-state index contributed by atoms with van der Waals surface area (Å²) in [6.07, 6.45) is -9.80. The number of methoxy groups -OCH3 is 1. The van der Waals surface area contributed by atoms with E-state index in [9.17, 15) is 35.9 Å². The normalized spacial score (nSPS) is 11.7. The van der Waals surface area contributed by atoms with Crippen LogP contribution in [0.5, 0.6) is 0 Å². The highest BCUT2D eigenvalue weighted by atomic mass is 19.4. The van der Waals surface area contributed by atoms with Crippen LogP contribution >= 0.6 is 0 Å². The number of rotatable bonds is 6. The second-order valence-corrected chi connectivity index (χ2v) is 7.07. The van der Waals surface area contributed by atoms with Gasteiger partial charge in [0, 0.05) is 17.7 Å². The topological polar surface area (TPSA) is 122 Å². The minimum absolute atomic E-state index is 0.0404. The highest BCUT2D eigenvalue weighted by molar-refractivity contribution is 6.02. The first-order chi connectivity index (χ1) is 16.4. The molecule has 35 heavy (non-hydrogen) atoms. The van der Waals surface area contributed by atoms with Crippen LogP contribution in [-0.4, -0.2) is 39.7 Å². The quantitative estimate of drug-likeness (QED) is 0.333. The average Bonchev–Trinajstić information content (AvgIpc) is 3.31. The number of ether oxygens (including phenoxy) is 1. The fourth-order valence-corrected chi connectivity index (χ4v) is 2.98. The van der Waals surface area contributed by atoms with Gasteiger partial charge in [-0.3, -0.25) is 4.79 Å². The van der Waals surface area contributed by atoms with E-state index in [4.69, 9.17) is 0 Å². The first kappa shape index (κ1) is 25.5. The van der Waals surface area contributed by atoms with E-state index >= 15 is 0 Å². The summed E-state index contributed by atoms with van der Waals surface area (Å²) >= 11 is 0. The molecule has 0 aliphatic rings. The van der Waals surface area contributed by atoms with Gasteiger partial charge in [0.2, 0.25) is 5.82 Å². The number of aromatic amines is 1. The number of tetrazole rings is 1. The van der Waals surface area contributed by atoms with Crippen LogP contribution in [0.3, 0.4) is 0 Å². The molecule has 1 heterocycles. The molecule has 0 saturated carbocycles. The molecule has 2 amide bonds. The van der Waals surface area contributed by atoms with Crippen molar-refractivity contribution in [2.24, 2.45) is 0 Å². The number of H-pyrrole nitrogens is 1. The Labute approximate surface area is 192 Å². The molecule has 0 spiro atoms. The summed E-state index contributed by atoms with van der Waals surface area (Å²) in [6, 6.07) is 4.08. The zero-order valence-electron chi connectivity index (χ0n) is 17.7. The van der Waals surface area contributed by atoms with Crippen molar-refractivity contribution in [1.29, 1.82) is 0 Å². The molecular formula is C20H16F6N6O3. The van der Waals surface area contributed by atoms with Crippen LogP contribution < -0.4 is 10.6 Å². The summed E-state index contributed by atoms with van der Waals surface area (Å²) in [6.45, 7) is 0. The van der Waals surface area contributed by atoms with E-state index in [2.05, 4.69) is 30.7 Å². The van der Waals surface area contributed by atoms with Crippen LogP contribution in [0.25, 0.3) is 11.4 Å². The van der Waals surface area contributed by atoms with Gasteiger partial charge in [-0.2, -0.15) is 31.6 Å². The van der Waals surface area contributed by atoms with Crippen LogP contribution in [0.1, 0.15) is 23.1 Å². The van der Waals surface area contributed by atoms with Gasteiger partial charge in [0.25, 0.3) is 0 Å². The van der Waals surface area contributed by atoms with Crippen molar-refractivity contribution in [2.75, 3.05) is 17.7 Å². The number of urea groups is 1. The van der Waals surface area contributed by atoms with Crippen molar-refractivity contribution in [3.8, 4) is 11.4 Å². The maximum Gasteiger partial charge on any atom is 0.416 e. The number of benzene rings is 2. The second kappa shape index (κ2) is 9.99. The first-order valence-corrected chi connectivity index (χ1v) is 9.68. The van der Waals surface area contributed by atoms with Crippen LogP contribution in [0.15, 0.2) is 36.4 Å². The van der Waals surface area contributed by atoms with E-state index in [1.54, 1.807) is 6.07 Å². The first-order valence-electron chi connectivity index (χ1n) is 9.68. The fraction of sp³-hybridized carbons (Fsp3) is 0.250. The summed E-state index contributed by atoms with van der Waals surface area (Å²) in [5.74, 6) is -0.411. The molecule has 0 radical (unpaired) electrons. The van der Waals surface area contributed by atoms with Gasteiger partial charge in [0.15, 0.2) is 0 Å². The van der Waals surface area contributed by atoms with Crippen molar-refractivity contribution in [3.63, 3.8) is 0 Å². The van der Waals surface area contributed by atoms with Gasteiger partial charge in [0.05, 0.1) is 23.9 Å². The Morgan fingerprint density at radius 1 is 0.971 bits per heavy atom. The lowest BCUT2D eigenvalue weighted by atomic mass is 10.0. The number of amides is 2. The van der Waals surface area contributed by atoms with Crippen LogP contribution in [0.4, 0.5) is 42.5 Å². The number of anilines is 2. The number of halogens is 6. The lowest BCUT2D eigenvalue weighted by molar-refractivity contribution is -0.143. The van der Waals surface area contributed by atoms with E-state index < -0.39 is 41.2 Å². The maximum absolute atomic E-state index is 13.1. The summed E-state index contributed by atoms with van der Waals surface area (Å²) in [7, 11) is 1.24. The predicted molar refractivity (Wildman–Crippen MR) is 109 cm³/mol. The van der Waals surface area contributed by atoms with Gasteiger partial charge in [-0.25, -0.2) is 4.79 Å². The fourth-order valence-electron chi connectivity index (χ4n) is 2.98. The molecule has 1 aromatic heterocycles. The number of carbonyl (C=O) groups is 2. The van der Waals surface area contributed by atoms with Gasteiger partial charge < -0.3 is 15.4 Å². The molecule has 0 atom stereocenters. The summed E-state index contributed by atoms with van der Waals surface area (Å²) in [4.78, 5) is 23.8. The van der Waals surface area contributed by atoms with Crippen molar-refractivity contribution in [3.05, 3.63) is 53.1 Å². The summed E-state index contributed by atoms with van der Waals surface area (Å²) in [5, 5.41) is 17.6. The maximum atomic E-state index is 13.1. The minimum atomic E-state index is -5.07. The van der Waals surface area contributed by atoms with Crippen LogP contribution in [0, 0.1) is 0 Å².